The SMILES string of the molecule is CCCCC[C@@H](O)/C=C/C=C\C/C=C\C/C=C\CCCC(=O)OC[C@@H](O)COC(=O)CCCCCCCCCCCCCCCCCCCCC(C)CC. The van der Waals surface area contributed by atoms with Crippen LogP contribution in [0.5, 0.6) is 0 Å². The van der Waals surface area contributed by atoms with Gasteiger partial charge < -0.3 is 19.7 Å². The molecule has 54 heavy (non-hydrogen) atoms. The number of aliphatic hydroxyl groups excluding tert-OH is 2. The molecule has 0 aliphatic rings. The summed E-state index contributed by atoms with van der Waals surface area (Å²) in [5.74, 6) is 0.262. The fraction of sp³-hybridized carbons (Fsp3) is 0.792. The summed E-state index contributed by atoms with van der Waals surface area (Å²) in [7, 11) is 0. The topological polar surface area (TPSA) is 93.1 Å². The Morgan fingerprint density at radius 2 is 0.963 bits per heavy atom. The van der Waals surface area contributed by atoms with E-state index in [-0.39, 0.29) is 37.7 Å². The number of hydrogen-bond donors (Lipinski definition) is 2. The van der Waals surface area contributed by atoms with Crippen molar-refractivity contribution in [1.82, 2.24) is 0 Å². The van der Waals surface area contributed by atoms with Crippen LogP contribution in [0.15, 0.2) is 48.6 Å². The van der Waals surface area contributed by atoms with Crippen LogP contribution < -0.4 is 0 Å². The van der Waals surface area contributed by atoms with E-state index in [1.54, 1.807) is 0 Å². The van der Waals surface area contributed by atoms with E-state index >= 15 is 0 Å². The lowest BCUT2D eigenvalue weighted by atomic mass is 9.99. The third-order valence-corrected chi connectivity index (χ3v) is 10.2. The van der Waals surface area contributed by atoms with Gasteiger partial charge in [0.1, 0.15) is 19.3 Å². The first kappa shape index (κ1) is 51.8. The quantitative estimate of drug-likeness (QED) is 0.0280. The number of allylic oxidation sites excluding steroid dienone is 7. The second kappa shape index (κ2) is 42.0. The van der Waals surface area contributed by atoms with Gasteiger partial charge in [-0.3, -0.25) is 9.59 Å². The molecule has 6 nitrogen and oxygen atoms in total. The maximum Gasteiger partial charge on any atom is 0.305 e. The molecule has 314 valence electrons. The number of unbranched alkanes of at least 4 members (excludes halogenated alkanes) is 20. The highest BCUT2D eigenvalue weighted by Crippen LogP contribution is 2.17. The predicted octanol–water partition coefficient (Wildman–Crippen LogP) is 13.4. The van der Waals surface area contributed by atoms with Crippen LogP contribution in [0.3, 0.4) is 0 Å². The Labute approximate surface area is 333 Å². The summed E-state index contributed by atoms with van der Waals surface area (Å²) in [4.78, 5) is 24.0. The van der Waals surface area contributed by atoms with Gasteiger partial charge in [0.15, 0.2) is 0 Å². The molecule has 6 heteroatoms. The van der Waals surface area contributed by atoms with E-state index in [1.165, 1.54) is 116 Å². The maximum atomic E-state index is 12.0. The van der Waals surface area contributed by atoms with Gasteiger partial charge in [0, 0.05) is 12.8 Å². The first-order chi connectivity index (χ1) is 26.4. The van der Waals surface area contributed by atoms with E-state index in [1.807, 2.05) is 18.2 Å². The van der Waals surface area contributed by atoms with Crippen LogP contribution in [0.25, 0.3) is 0 Å². The smallest absolute Gasteiger partial charge is 0.305 e. The third-order valence-electron chi connectivity index (χ3n) is 10.2. The highest BCUT2D eigenvalue weighted by Gasteiger charge is 2.12. The molecule has 2 N–H and O–H groups in total. The van der Waals surface area contributed by atoms with Crippen molar-refractivity contribution in [1.29, 1.82) is 0 Å². The van der Waals surface area contributed by atoms with E-state index < -0.39 is 6.10 Å². The van der Waals surface area contributed by atoms with Gasteiger partial charge in [-0.15, -0.1) is 0 Å². The summed E-state index contributed by atoms with van der Waals surface area (Å²) < 4.78 is 10.3. The van der Waals surface area contributed by atoms with Crippen LogP contribution in [-0.2, 0) is 19.1 Å². The lowest BCUT2D eigenvalue weighted by Crippen LogP contribution is -2.25. The fourth-order valence-corrected chi connectivity index (χ4v) is 6.34. The van der Waals surface area contributed by atoms with Gasteiger partial charge in [-0.1, -0.05) is 211 Å². The predicted molar refractivity (Wildman–Crippen MR) is 230 cm³/mol. The number of ether oxygens (including phenoxy) is 2. The molecule has 0 saturated carbocycles. The lowest BCUT2D eigenvalue weighted by molar-refractivity contribution is -0.152. The van der Waals surface area contributed by atoms with Crippen LogP contribution in [0.2, 0.25) is 0 Å². The summed E-state index contributed by atoms with van der Waals surface area (Å²) in [5.41, 5.74) is 0. The van der Waals surface area contributed by atoms with Gasteiger partial charge in [-0.25, -0.2) is 0 Å². The van der Waals surface area contributed by atoms with Crippen molar-refractivity contribution >= 4 is 11.9 Å². The zero-order chi connectivity index (χ0) is 39.6. The molecule has 0 radical (unpaired) electrons. The Hall–Kier alpha value is -2.18. The molecular weight excluding hydrogens is 673 g/mol. The van der Waals surface area contributed by atoms with Crippen molar-refractivity contribution in [2.24, 2.45) is 5.92 Å². The van der Waals surface area contributed by atoms with E-state index in [4.69, 9.17) is 9.47 Å². The summed E-state index contributed by atoms with van der Waals surface area (Å²) in [6.07, 6.45) is 49.3. The number of esters is 2. The Morgan fingerprint density at radius 3 is 1.48 bits per heavy atom. The monoisotopic (exact) mass is 759 g/mol. The molecule has 0 saturated heterocycles. The first-order valence-corrected chi connectivity index (χ1v) is 22.7. The van der Waals surface area contributed by atoms with Crippen LogP contribution in [-0.4, -0.2) is 47.6 Å². The summed E-state index contributed by atoms with van der Waals surface area (Å²) in [6.45, 7) is 6.54. The molecule has 0 fully saturated rings. The highest BCUT2D eigenvalue weighted by atomic mass is 16.6. The van der Waals surface area contributed by atoms with Gasteiger partial charge in [0.2, 0.25) is 0 Å². The van der Waals surface area contributed by atoms with Crippen molar-refractivity contribution in [3.63, 3.8) is 0 Å². The van der Waals surface area contributed by atoms with Crippen molar-refractivity contribution in [3.8, 4) is 0 Å². The van der Waals surface area contributed by atoms with E-state index in [2.05, 4.69) is 51.2 Å². The minimum Gasteiger partial charge on any atom is -0.463 e. The summed E-state index contributed by atoms with van der Waals surface area (Å²) in [5, 5.41) is 19.9. The maximum absolute atomic E-state index is 12.0. The number of rotatable bonds is 40. The number of carbonyl (C=O) groups excluding carboxylic acids is 2. The Bertz CT molecular complexity index is 937. The van der Waals surface area contributed by atoms with Crippen LogP contribution in [0.4, 0.5) is 0 Å². The lowest BCUT2D eigenvalue weighted by Gasteiger charge is -2.12. The fourth-order valence-electron chi connectivity index (χ4n) is 6.34. The average Bonchev–Trinajstić information content (AvgIpc) is 3.17. The zero-order valence-electron chi connectivity index (χ0n) is 35.5. The molecule has 0 aromatic rings. The Morgan fingerprint density at radius 1 is 0.519 bits per heavy atom. The van der Waals surface area contributed by atoms with Gasteiger partial charge in [0.25, 0.3) is 0 Å². The molecular formula is C48H86O6. The van der Waals surface area contributed by atoms with Gasteiger partial charge in [-0.2, -0.15) is 0 Å². The standard InChI is InChI=1S/C48H86O6/c1-4-6-32-38-45(49)39-34-29-25-21-17-15-19-23-27-31-36-41-48(52)54-43-46(50)42-53-47(51)40-35-30-26-22-18-14-12-10-8-7-9-11-13-16-20-24-28-33-37-44(3)5-2/h15,17,23,25,27,29,34,39,44-46,49-50H,4-14,16,18-22,24,26,28,30-33,35-38,40-43H2,1-3H3/b17-15-,27-23-,29-25-,39-34+/t44?,45-,46+/m1/s1. The largest absolute Gasteiger partial charge is 0.463 e. The van der Waals surface area contributed by atoms with Gasteiger partial charge >= 0.3 is 11.9 Å². The minimum absolute atomic E-state index is 0.143. The van der Waals surface area contributed by atoms with E-state index in [0.717, 1.165) is 63.7 Å². The summed E-state index contributed by atoms with van der Waals surface area (Å²) >= 11 is 0. The van der Waals surface area contributed by atoms with Crippen LogP contribution >= 0.6 is 0 Å². The first-order valence-electron chi connectivity index (χ1n) is 22.7. The molecule has 0 spiro atoms. The number of aliphatic hydroxyl groups is 2. The molecule has 3 atom stereocenters. The van der Waals surface area contributed by atoms with Gasteiger partial charge in [0.05, 0.1) is 6.10 Å². The number of carbonyl (C=O) groups is 2. The molecule has 0 heterocycles. The van der Waals surface area contributed by atoms with Crippen molar-refractivity contribution in [2.45, 2.75) is 226 Å². The zero-order valence-corrected chi connectivity index (χ0v) is 35.5. The molecule has 0 rings (SSSR count). The van der Waals surface area contributed by atoms with E-state index in [9.17, 15) is 19.8 Å². The highest BCUT2D eigenvalue weighted by molar-refractivity contribution is 5.69. The van der Waals surface area contributed by atoms with E-state index in [0.29, 0.717) is 12.8 Å². The van der Waals surface area contributed by atoms with Crippen molar-refractivity contribution < 1.29 is 29.3 Å². The summed E-state index contributed by atoms with van der Waals surface area (Å²) in [6, 6.07) is 0. The third kappa shape index (κ3) is 41.0. The molecule has 0 bridgehead atoms. The molecule has 0 aromatic carbocycles. The van der Waals surface area contributed by atoms with Crippen LogP contribution in [0.1, 0.15) is 213 Å². The Kier molecular flexibility index (Phi) is 40.3. The normalized spacial score (nSPS) is 13.8. The second-order valence-corrected chi connectivity index (χ2v) is 15.6. The molecule has 0 aliphatic carbocycles. The van der Waals surface area contributed by atoms with Crippen LogP contribution in [0, 0.1) is 5.92 Å². The average molecular weight is 759 g/mol. The molecule has 0 amide bonds. The molecule has 1 unspecified atom stereocenters. The van der Waals surface area contributed by atoms with Crippen molar-refractivity contribution in [2.75, 3.05) is 13.2 Å². The second-order valence-electron chi connectivity index (χ2n) is 15.6. The minimum atomic E-state index is -0.999. The van der Waals surface area contributed by atoms with Crippen molar-refractivity contribution in [3.05, 3.63) is 48.6 Å². The van der Waals surface area contributed by atoms with Gasteiger partial charge in [-0.05, 0) is 44.4 Å². The molecule has 0 aromatic heterocycles. The molecule has 0 aliphatic heterocycles. The number of hydrogen-bond acceptors (Lipinski definition) is 6. The Balaban J connectivity index is 3.51.